The van der Waals surface area contributed by atoms with Crippen LogP contribution in [-0.2, 0) is 11.0 Å². The molecule has 0 radical (unpaired) electrons. The van der Waals surface area contributed by atoms with Crippen molar-refractivity contribution < 1.29 is 4.21 Å². The van der Waals surface area contributed by atoms with Gasteiger partial charge in [-0.15, -0.1) is 0 Å². The normalized spacial score (nSPS) is 12.2. The highest BCUT2D eigenvalue weighted by atomic mass is 32.2. The minimum absolute atomic E-state index is 0.369. The van der Waals surface area contributed by atoms with Crippen LogP contribution >= 0.6 is 0 Å². The topological polar surface area (TPSA) is 98.4 Å². The van der Waals surface area contributed by atoms with Gasteiger partial charge >= 0.3 is 0 Å². The lowest BCUT2D eigenvalue weighted by Gasteiger charge is -2.04. The van der Waals surface area contributed by atoms with Gasteiger partial charge in [0.15, 0.2) is 16.8 Å². The summed E-state index contributed by atoms with van der Waals surface area (Å²) in [5, 5.41) is 4.57. The van der Waals surface area contributed by atoms with E-state index in [1.807, 2.05) is 85.1 Å². The maximum Gasteiger partial charge on any atom is 0.166 e. The second kappa shape index (κ2) is 8.66. The highest BCUT2D eigenvalue weighted by molar-refractivity contribution is 7.83. The van der Waals surface area contributed by atoms with Crippen LogP contribution in [0.25, 0.3) is 10.9 Å². The Labute approximate surface area is 176 Å². The van der Waals surface area contributed by atoms with E-state index in [1.165, 1.54) is 0 Å². The molecule has 0 bridgehead atoms. The van der Waals surface area contributed by atoms with E-state index in [0.717, 1.165) is 32.5 Å². The molecule has 1 unspecified atom stereocenters. The fourth-order valence-corrected chi connectivity index (χ4v) is 4.27. The predicted octanol–water partition coefficient (Wildman–Crippen LogP) is 2.70. The first-order valence-corrected chi connectivity index (χ1v) is 10.3. The number of aromatic nitrogens is 1. The summed E-state index contributed by atoms with van der Waals surface area (Å²) in [4.78, 5) is 0.730. The average Bonchev–Trinajstić information content (AvgIpc) is 3.18. The van der Waals surface area contributed by atoms with Gasteiger partial charge in [-0.3, -0.25) is 3.97 Å². The number of benzene rings is 3. The molecule has 1 heterocycles. The molecule has 30 heavy (non-hydrogen) atoms. The predicted molar refractivity (Wildman–Crippen MR) is 121 cm³/mol. The number of nitrogens with one attached hydrogen (secondary N) is 1. The third-order valence-corrected chi connectivity index (χ3v) is 5.88. The van der Waals surface area contributed by atoms with Crippen molar-refractivity contribution in [3.63, 3.8) is 0 Å². The molecule has 148 valence electrons. The zero-order chi connectivity index (χ0) is 20.9. The molecule has 4 aromatic rings. The molecule has 0 spiro atoms. The van der Waals surface area contributed by atoms with E-state index in [-0.39, 0.29) is 0 Å². The van der Waals surface area contributed by atoms with Crippen LogP contribution < -0.4 is 17.1 Å². The van der Waals surface area contributed by atoms with Gasteiger partial charge in [-0.25, -0.2) is 10.1 Å². The third kappa shape index (κ3) is 3.82. The maximum atomic E-state index is 13.1. The van der Waals surface area contributed by atoms with Crippen molar-refractivity contribution >= 4 is 27.7 Å². The van der Waals surface area contributed by atoms with Crippen LogP contribution in [-0.4, -0.2) is 14.0 Å². The van der Waals surface area contributed by atoms with E-state index < -0.39 is 11.0 Å². The molecular weight excluding hydrogens is 394 g/mol. The number of hydrazone groups is 1. The molecule has 3 aromatic carbocycles. The highest BCUT2D eigenvalue weighted by Crippen LogP contribution is 2.23. The van der Waals surface area contributed by atoms with Crippen molar-refractivity contribution in [1.82, 2.24) is 9.40 Å². The third-order valence-electron chi connectivity index (χ3n) is 4.54. The van der Waals surface area contributed by atoms with Crippen LogP contribution in [0.1, 0.15) is 16.7 Å². The van der Waals surface area contributed by atoms with E-state index in [4.69, 9.17) is 11.7 Å². The van der Waals surface area contributed by atoms with Crippen LogP contribution in [0.5, 0.6) is 0 Å². The number of amidine groups is 1. The summed E-state index contributed by atoms with van der Waals surface area (Å²) in [5.74, 6) is 17.5. The molecule has 4 rings (SSSR count). The zero-order valence-electron chi connectivity index (χ0n) is 15.9. The van der Waals surface area contributed by atoms with Crippen molar-refractivity contribution in [2.45, 2.75) is 4.90 Å². The van der Waals surface area contributed by atoms with E-state index in [9.17, 15) is 4.21 Å². The van der Waals surface area contributed by atoms with Gasteiger partial charge in [0.1, 0.15) is 0 Å². The number of para-hydroxylation sites is 1. The first-order valence-electron chi connectivity index (χ1n) is 9.15. The number of fused-ring (bicyclic) bond motifs is 1. The lowest BCUT2D eigenvalue weighted by atomic mass is 10.1. The SMILES string of the molecule is N/N=C(\NN)c1cccc(C#Cc2cn(S(=O)c3ccccc3)c3ccccc23)c1. The minimum atomic E-state index is -1.36. The fourth-order valence-electron chi connectivity index (χ4n) is 3.12. The molecule has 0 amide bonds. The Morgan fingerprint density at radius 2 is 1.73 bits per heavy atom. The second-order valence-corrected chi connectivity index (χ2v) is 7.76. The molecule has 0 aliphatic heterocycles. The number of rotatable bonds is 3. The molecule has 0 aliphatic carbocycles. The Hall–Kier alpha value is -3.86. The molecule has 0 saturated carbocycles. The highest BCUT2D eigenvalue weighted by Gasteiger charge is 2.13. The lowest BCUT2D eigenvalue weighted by Crippen LogP contribution is -2.32. The van der Waals surface area contributed by atoms with Gasteiger partial charge in [-0.1, -0.05) is 60.4 Å². The minimum Gasteiger partial charge on any atom is -0.321 e. The summed E-state index contributed by atoms with van der Waals surface area (Å²) in [6, 6.07) is 24.6. The average molecular weight is 414 g/mol. The number of hydrazine groups is 1. The van der Waals surface area contributed by atoms with Gasteiger partial charge in [-0.05, 0) is 30.3 Å². The Kier molecular flexibility index (Phi) is 5.61. The van der Waals surface area contributed by atoms with E-state index in [0.29, 0.717) is 5.84 Å². The summed E-state index contributed by atoms with van der Waals surface area (Å²) in [5.41, 5.74) is 5.64. The second-order valence-electron chi connectivity index (χ2n) is 6.40. The zero-order valence-corrected chi connectivity index (χ0v) is 16.8. The van der Waals surface area contributed by atoms with Crippen LogP contribution in [0.3, 0.4) is 0 Å². The molecule has 6 nitrogen and oxygen atoms in total. The van der Waals surface area contributed by atoms with Gasteiger partial charge in [0, 0.05) is 22.7 Å². The summed E-state index contributed by atoms with van der Waals surface area (Å²) < 4.78 is 14.9. The number of hydrogen-bond donors (Lipinski definition) is 3. The van der Waals surface area contributed by atoms with Crippen LogP contribution in [0, 0.1) is 11.8 Å². The Bertz CT molecular complexity index is 1320. The standard InChI is InChI=1S/C23H19N5OS/c24-26-23(27-25)18-8-6-7-17(15-18)13-14-19-16-28(22-12-5-4-11-21(19)22)30(29)20-9-2-1-3-10-20/h1-12,15-16H,24-25H2,(H,26,27). The van der Waals surface area contributed by atoms with Crippen molar-refractivity contribution in [2.75, 3.05) is 0 Å². The monoisotopic (exact) mass is 413 g/mol. The molecule has 0 aliphatic rings. The summed E-state index contributed by atoms with van der Waals surface area (Å²) in [6.07, 6.45) is 1.83. The molecular formula is C23H19N5OS. The van der Waals surface area contributed by atoms with Gasteiger partial charge in [0.05, 0.1) is 16.0 Å². The van der Waals surface area contributed by atoms with E-state index in [1.54, 1.807) is 3.97 Å². The molecule has 0 saturated heterocycles. The Balaban J connectivity index is 1.76. The molecule has 1 aromatic heterocycles. The van der Waals surface area contributed by atoms with Gasteiger partial charge in [-0.2, -0.15) is 5.10 Å². The molecule has 0 fully saturated rings. The van der Waals surface area contributed by atoms with Gasteiger partial charge in [0.25, 0.3) is 0 Å². The van der Waals surface area contributed by atoms with Crippen molar-refractivity contribution in [2.24, 2.45) is 16.8 Å². The number of nitrogens with two attached hydrogens (primary N) is 2. The largest absolute Gasteiger partial charge is 0.321 e. The number of hydrogen-bond acceptors (Lipinski definition) is 4. The van der Waals surface area contributed by atoms with Crippen LogP contribution in [0.15, 0.2) is 95.1 Å². The van der Waals surface area contributed by atoms with Crippen molar-refractivity contribution in [1.29, 1.82) is 0 Å². The molecule has 5 N–H and O–H groups in total. The molecule has 1 atom stereocenters. The number of nitrogens with zero attached hydrogens (tertiary/aromatic N) is 2. The Morgan fingerprint density at radius 3 is 2.50 bits per heavy atom. The first kappa shape index (κ1) is 19.5. The smallest absolute Gasteiger partial charge is 0.166 e. The van der Waals surface area contributed by atoms with Gasteiger partial charge < -0.3 is 11.3 Å². The van der Waals surface area contributed by atoms with Crippen molar-refractivity contribution in [3.8, 4) is 11.8 Å². The summed E-state index contributed by atoms with van der Waals surface area (Å²) in [6.45, 7) is 0. The lowest BCUT2D eigenvalue weighted by molar-refractivity contribution is 0.678. The van der Waals surface area contributed by atoms with Crippen LogP contribution in [0.4, 0.5) is 0 Å². The fraction of sp³-hybridized carbons (Fsp3) is 0. The molecule has 7 heteroatoms. The van der Waals surface area contributed by atoms with E-state index >= 15 is 0 Å². The maximum absolute atomic E-state index is 13.1. The summed E-state index contributed by atoms with van der Waals surface area (Å²) in [7, 11) is -1.36. The van der Waals surface area contributed by atoms with Gasteiger partial charge in [0.2, 0.25) is 0 Å². The van der Waals surface area contributed by atoms with Crippen LogP contribution in [0.2, 0.25) is 0 Å². The Morgan fingerprint density at radius 1 is 0.967 bits per heavy atom. The first-order chi connectivity index (χ1) is 14.7. The van der Waals surface area contributed by atoms with E-state index in [2.05, 4.69) is 22.4 Å². The quantitative estimate of drug-likeness (QED) is 0.158. The van der Waals surface area contributed by atoms with Crippen molar-refractivity contribution in [3.05, 3.63) is 102 Å². The summed E-state index contributed by atoms with van der Waals surface area (Å²) >= 11 is 0.